The predicted molar refractivity (Wildman–Crippen MR) is 22.1 cm³/mol. The van der Waals surface area contributed by atoms with Crippen molar-refractivity contribution in [2.75, 3.05) is 0 Å². The van der Waals surface area contributed by atoms with Crippen molar-refractivity contribution in [3.8, 4) is 0 Å². The van der Waals surface area contributed by atoms with E-state index in [4.69, 9.17) is 0 Å². The van der Waals surface area contributed by atoms with Gasteiger partial charge in [0.1, 0.15) is 0 Å². The second-order valence-corrected chi connectivity index (χ2v) is 0. The average Bonchev–Trinajstić information content (AvgIpc) is 1.50. The van der Waals surface area contributed by atoms with Gasteiger partial charge in [-0.2, -0.15) is 13.8 Å². The van der Waals surface area contributed by atoms with Crippen LogP contribution in [0.3, 0.4) is 0 Å². The Morgan fingerprint density at radius 3 is 0.833 bits per heavy atom. The second kappa shape index (κ2) is 124. The molecule has 0 bridgehead atoms. The molecule has 35 valence electrons. The van der Waals surface area contributed by atoms with E-state index in [-0.39, 0.29) is 36.5 Å². The summed E-state index contributed by atoms with van der Waals surface area (Å²) in [6.45, 7) is 10.0. The first-order valence-electron chi connectivity index (χ1n) is 1.41. The van der Waals surface area contributed by atoms with Crippen LogP contribution in [-0.2, 0) is 36.5 Å². The zero-order valence-electron chi connectivity index (χ0n) is 4.50. The minimum atomic E-state index is 0. The molecule has 0 atom stereocenters. The summed E-state index contributed by atoms with van der Waals surface area (Å²) >= 11 is 0. The fourth-order valence-corrected chi connectivity index (χ4v) is 0. The zero-order chi connectivity index (χ0) is 4.00. The van der Waals surface area contributed by atoms with Crippen LogP contribution in [0.25, 0.3) is 0 Å². The molecular weight excluding hydrogens is 168 g/mol. The molecule has 0 aliphatic heterocycles. The van der Waals surface area contributed by atoms with Gasteiger partial charge in [-0.1, -0.05) is 0 Å². The van der Waals surface area contributed by atoms with E-state index in [0.717, 1.165) is 0 Å². The van der Waals surface area contributed by atoms with Gasteiger partial charge in [0.2, 0.25) is 0 Å². The Bertz CT molecular complexity index is 7.51. The average molecular weight is 178 g/mol. The molecule has 0 aliphatic carbocycles. The molecule has 0 aromatic heterocycles. The SMILES string of the molecule is [CH2-]C.[CH2-]C.[Mn].[Zn+2]. The fraction of sp³-hybridized carbons (Fsp3) is 0.500. The molecule has 0 saturated heterocycles. The Morgan fingerprint density at radius 1 is 0.833 bits per heavy atom. The third-order valence-electron chi connectivity index (χ3n) is 0. The first-order chi connectivity index (χ1) is 2.00. The molecule has 0 aliphatic rings. The van der Waals surface area contributed by atoms with Crippen molar-refractivity contribution in [1.82, 2.24) is 0 Å². The van der Waals surface area contributed by atoms with Crippen molar-refractivity contribution < 1.29 is 36.5 Å². The quantitative estimate of drug-likeness (QED) is 0.391. The maximum atomic E-state index is 3.25. The fourth-order valence-electron chi connectivity index (χ4n) is 0. The van der Waals surface area contributed by atoms with Crippen LogP contribution < -0.4 is 0 Å². The van der Waals surface area contributed by atoms with Crippen molar-refractivity contribution >= 4 is 0 Å². The molecule has 0 aromatic carbocycles. The minimum Gasteiger partial charge on any atom is -0.346 e. The van der Waals surface area contributed by atoms with Crippen molar-refractivity contribution in [3.05, 3.63) is 13.8 Å². The molecular formula is C4H10MnZn. The van der Waals surface area contributed by atoms with Crippen LogP contribution in [-0.4, -0.2) is 0 Å². The summed E-state index contributed by atoms with van der Waals surface area (Å²) in [5, 5.41) is 0. The van der Waals surface area contributed by atoms with Gasteiger partial charge in [0.25, 0.3) is 0 Å². The standard InChI is InChI=1S/2C2H5.Mn.Zn/c2*1-2;;/h2*1H2,2H3;;/q2*-1;;+2. The normalized spacial score (nSPS) is 2.00. The number of rotatable bonds is 0. The molecule has 6 heavy (non-hydrogen) atoms. The summed E-state index contributed by atoms with van der Waals surface area (Å²) in [5.41, 5.74) is 0. The van der Waals surface area contributed by atoms with E-state index in [2.05, 4.69) is 13.8 Å². The van der Waals surface area contributed by atoms with Crippen molar-refractivity contribution in [2.24, 2.45) is 0 Å². The summed E-state index contributed by atoms with van der Waals surface area (Å²) in [6.07, 6.45) is 0. The van der Waals surface area contributed by atoms with E-state index in [1.807, 2.05) is 0 Å². The molecule has 0 nitrogen and oxygen atoms in total. The van der Waals surface area contributed by atoms with Crippen LogP contribution in [0, 0.1) is 13.8 Å². The van der Waals surface area contributed by atoms with Crippen LogP contribution in [0.5, 0.6) is 0 Å². The molecule has 0 spiro atoms. The molecule has 0 aromatic rings. The molecule has 0 rings (SSSR count). The second-order valence-electron chi connectivity index (χ2n) is 0. The Kier molecular flexibility index (Phi) is 566. The Labute approximate surface area is 64.3 Å². The zero-order valence-corrected chi connectivity index (χ0v) is 8.65. The van der Waals surface area contributed by atoms with Crippen LogP contribution in [0.2, 0.25) is 0 Å². The van der Waals surface area contributed by atoms with E-state index in [1.165, 1.54) is 0 Å². The molecule has 0 N–H and O–H groups in total. The third-order valence-corrected chi connectivity index (χ3v) is 0. The molecule has 0 heterocycles. The van der Waals surface area contributed by atoms with Crippen LogP contribution in [0.4, 0.5) is 0 Å². The number of hydrogen-bond acceptors (Lipinski definition) is 0. The topological polar surface area (TPSA) is 0 Å². The van der Waals surface area contributed by atoms with E-state index < -0.39 is 0 Å². The summed E-state index contributed by atoms with van der Waals surface area (Å²) in [6, 6.07) is 0. The number of hydrogen-bond donors (Lipinski definition) is 0. The minimum absolute atomic E-state index is 0. The van der Waals surface area contributed by atoms with E-state index in [9.17, 15) is 0 Å². The predicted octanol–water partition coefficient (Wildman–Crippen LogP) is 1.68. The smallest absolute Gasteiger partial charge is 0.346 e. The van der Waals surface area contributed by atoms with Crippen molar-refractivity contribution in [2.45, 2.75) is 13.8 Å². The molecule has 0 fully saturated rings. The van der Waals surface area contributed by atoms with E-state index in [1.54, 1.807) is 13.8 Å². The first kappa shape index (κ1) is 27.3. The van der Waals surface area contributed by atoms with Crippen LogP contribution in [0.15, 0.2) is 0 Å². The Balaban J connectivity index is -0.00000000500. The first-order valence-corrected chi connectivity index (χ1v) is 1.41. The maximum Gasteiger partial charge on any atom is 2.00 e. The molecule has 0 amide bonds. The summed E-state index contributed by atoms with van der Waals surface area (Å²) in [5.74, 6) is 0. The maximum absolute atomic E-state index is 3.25. The Hall–Kier alpha value is 1.14. The van der Waals surface area contributed by atoms with Gasteiger partial charge in [-0.15, -0.1) is 0 Å². The van der Waals surface area contributed by atoms with Crippen LogP contribution >= 0.6 is 0 Å². The van der Waals surface area contributed by atoms with Gasteiger partial charge in [0, 0.05) is 17.1 Å². The summed E-state index contributed by atoms with van der Waals surface area (Å²) in [4.78, 5) is 0. The van der Waals surface area contributed by atoms with E-state index in [0.29, 0.717) is 0 Å². The largest absolute Gasteiger partial charge is 2.00 e. The van der Waals surface area contributed by atoms with Gasteiger partial charge in [-0.25, -0.2) is 0 Å². The third kappa shape index (κ3) is 67.6. The van der Waals surface area contributed by atoms with Gasteiger partial charge in [0.05, 0.1) is 0 Å². The molecule has 0 saturated carbocycles. The molecule has 0 unspecified atom stereocenters. The van der Waals surface area contributed by atoms with Crippen molar-refractivity contribution in [3.63, 3.8) is 0 Å². The summed E-state index contributed by atoms with van der Waals surface area (Å²) in [7, 11) is 0. The van der Waals surface area contributed by atoms with Gasteiger partial charge in [-0.05, 0) is 0 Å². The van der Waals surface area contributed by atoms with E-state index >= 15 is 0 Å². The summed E-state index contributed by atoms with van der Waals surface area (Å²) < 4.78 is 0. The molecule has 2 heteroatoms. The van der Waals surface area contributed by atoms with Gasteiger partial charge in [-0.3, -0.25) is 0 Å². The monoisotopic (exact) mass is 177 g/mol. The Morgan fingerprint density at radius 2 is 0.833 bits per heavy atom. The van der Waals surface area contributed by atoms with Crippen molar-refractivity contribution in [1.29, 1.82) is 0 Å². The van der Waals surface area contributed by atoms with Gasteiger partial charge in [0.15, 0.2) is 0 Å². The van der Waals surface area contributed by atoms with Gasteiger partial charge < -0.3 is 13.8 Å². The van der Waals surface area contributed by atoms with Crippen LogP contribution in [0.1, 0.15) is 13.8 Å². The molecule has 1 radical (unpaired) electrons. The van der Waals surface area contributed by atoms with Gasteiger partial charge >= 0.3 is 19.5 Å².